The van der Waals surface area contributed by atoms with Gasteiger partial charge < -0.3 is 4.48 Å². The molecule has 4 nitrogen and oxygen atoms in total. The molecule has 0 atom stereocenters. The van der Waals surface area contributed by atoms with Crippen molar-refractivity contribution in [1.82, 2.24) is 4.31 Å². The fraction of sp³-hybridized carbons (Fsp3) is 0.900. The summed E-state index contributed by atoms with van der Waals surface area (Å²) in [6.45, 7) is 10.1. The van der Waals surface area contributed by atoms with Crippen LogP contribution in [0.5, 0.6) is 0 Å². The van der Waals surface area contributed by atoms with Gasteiger partial charge in [-0.3, -0.25) is 0 Å². The number of piperazine rings is 1. The van der Waals surface area contributed by atoms with Gasteiger partial charge in [0, 0.05) is 0 Å². The van der Waals surface area contributed by atoms with E-state index in [1.165, 1.54) is 51.4 Å². The summed E-state index contributed by atoms with van der Waals surface area (Å²) in [6.07, 6.45) is 14.3. The van der Waals surface area contributed by atoms with Gasteiger partial charge in [0.2, 0.25) is 10.0 Å². The predicted octanol–water partition coefficient (Wildman–Crippen LogP) is 4.19. The van der Waals surface area contributed by atoms with E-state index in [0.29, 0.717) is 18.8 Å². The highest BCUT2D eigenvalue weighted by atomic mass is 32.2. The molecule has 5 heteroatoms. The molecule has 1 rings (SSSR count). The topological polar surface area (TPSA) is 37.4 Å². The van der Waals surface area contributed by atoms with E-state index in [0.717, 1.165) is 37.0 Å². The maximum atomic E-state index is 12.5. The molecular weight excluding hydrogens is 332 g/mol. The Bertz CT molecular complexity index is 454. The van der Waals surface area contributed by atoms with Gasteiger partial charge in [-0.25, -0.2) is 8.42 Å². The van der Waals surface area contributed by atoms with Crippen LogP contribution < -0.4 is 0 Å². The van der Waals surface area contributed by atoms with E-state index in [-0.39, 0.29) is 0 Å². The van der Waals surface area contributed by atoms with Gasteiger partial charge in [-0.1, -0.05) is 71.3 Å². The maximum absolute atomic E-state index is 12.5. The van der Waals surface area contributed by atoms with Crippen molar-refractivity contribution in [2.24, 2.45) is 0 Å². The Labute approximate surface area is 156 Å². The molecule has 1 saturated heterocycles. The third-order valence-corrected chi connectivity index (χ3v) is 7.45. The average molecular weight is 374 g/mol. The van der Waals surface area contributed by atoms with Gasteiger partial charge in [0.25, 0.3) is 0 Å². The number of nitrogens with zero attached hydrogens (tertiary/aromatic N) is 2. The zero-order chi connectivity index (χ0) is 18.6. The van der Waals surface area contributed by atoms with Crippen molar-refractivity contribution in [3.8, 4) is 0 Å². The summed E-state index contributed by atoms with van der Waals surface area (Å²) >= 11 is 0. The standard InChI is InChI=1S/C20H41N2O2S/c1-4-6-7-8-9-10-11-12-13-14-20-25(23,24)21-15-18-22(3,17-5-2)19-16-21/h5H,2,4,6-20H2,1,3H3/q+1. The zero-order valence-corrected chi connectivity index (χ0v) is 17.5. The van der Waals surface area contributed by atoms with Crippen molar-refractivity contribution in [2.75, 3.05) is 45.5 Å². The lowest BCUT2D eigenvalue weighted by atomic mass is 10.1. The van der Waals surface area contributed by atoms with Crippen LogP contribution in [0.25, 0.3) is 0 Å². The largest absolute Gasteiger partial charge is 0.321 e. The summed E-state index contributed by atoms with van der Waals surface area (Å²) < 4.78 is 27.6. The first kappa shape index (κ1) is 22.7. The summed E-state index contributed by atoms with van der Waals surface area (Å²) in [5.41, 5.74) is 0. The van der Waals surface area contributed by atoms with Crippen LogP contribution >= 0.6 is 0 Å². The van der Waals surface area contributed by atoms with Crippen LogP contribution in [0.3, 0.4) is 0 Å². The van der Waals surface area contributed by atoms with Crippen LogP contribution in [0.15, 0.2) is 12.7 Å². The molecule has 0 N–H and O–H groups in total. The lowest BCUT2D eigenvalue weighted by molar-refractivity contribution is -0.907. The molecule has 1 fully saturated rings. The SMILES string of the molecule is C=CC[N+]1(C)CCN(S(=O)(=O)CCCCCCCCCCCC)CC1. The summed E-state index contributed by atoms with van der Waals surface area (Å²) in [7, 11) is -0.870. The van der Waals surface area contributed by atoms with Gasteiger partial charge in [0.1, 0.15) is 0 Å². The number of sulfonamides is 1. The minimum absolute atomic E-state index is 0.328. The summed E-state index contributed by atoms with van der Waals surface area (Å²) in [6, 6.07) is 0. The van der Waals surface area contributed by atoms with Gasteiger partial charge in [0.05, 0.1) is 45.5 Å². The van der Waals surface area contributed by atoms with Gasteiger partial charge in [-0.15, -0.1) is 0 Å². The van der Waals surface area contributed by atoms with Crippen molar-refractivity contribution >= 4 is 10.0 Å². The highest BCUT2D eigenvalue weighted by Crippen LogP contribution is 2.16. The fourth-order valence-corrected chi connectivity index (χ4v) is 5.15. The molecule has 0 aromatic rings. The number of quaternary nitrogens is 1. The van der Waals surface area contributed by atoms with Gasteiger partial charge >= 0.3 is 0 Å². The van der Waals surface area contributed by atoms with Crippen molar-refractivity contribution in [1.29, 1.82) is 0 Å². The van der Waals surface area contributed by atoms with E-state index < -0.39 is 10.0 Å². The minimum Gasteiger partial charge on any atom is -0.321 e. The predicted molar refractivity (Wildman–Crippen MR) is 108 cm³/mol. The van der Waals surface area contributed by atoms with Crippen molar-refractivity contribution in [3.63, 3.8) is 0 Å². The van der Waals surface area contributed by atoms with E-state index >= 15 is 0 Å². The van der Waals surface area contributed by atoms with Crippen LogP contribution in [0.2, 0.25) is 0 Å². The van der Waals surface area contributed by atoms with Gasteiger partial charge in [0.15, 0.2) is 0 Å². The van der Waals surface area contributed by atoms with Crippen LogP contribution in [0.1, 0.15) is 71.1 Å². The average Bonchev–Trinajstić information content (AvgIpc) is 2.57. The Morgan fingerprint density at radius 2 is 1.40 bits per heavy atom. The summed E-state index contributed by atoms with van der Waals surface area (Å²) in [5, 5.41) is 0. The first-order valence-corrected chi connectivity index (χ1v) is 12.0. The molecule has 0 bridgehead atoms. The van der Waals surface area contributed by atoms with E-state index in [1.807, 2.05) is 6.08 Å². The second-order valence-corrected chi connectivity index (χ2v) is 10.0. The molecule has 0 saturated carbocycles. The Balaban J connectivity index is 2.11. The highest BCUT2D eigenvalue weighted by molar-refractivity contribution is 7.89. The Morgan fingerprint density at radius 1 is 0.920 bits per heavy atom. The van der Waals surface area contributed by atoms with E-state index in [2.05, 4.69) is 20.6 Å². The number of likely N-dealkylation sites (N-methyl/N-ethyl adjacent to an activating group) is 1. The Morgan fingerprint density at radius 3 is 1.88 bits per heavy atom. The molecule has 1 heterocycles. The van der Waals surface area contributed by atoms with E-state index in [9.17, 15) is 8.42 Å². The van der Waals surface area contributed by atoms with E-state index in [1.54, 1.807) is 4.31 Å². The fourth-order valence-electron chi connectivity index (χ4n) is 3.60. The lowest BCUT2D eigenvalue weighted by Crippen LogP contribution is -2.58. The molecule has 1 aliphatic heterocycles. The van der Waals surface area contributed by atoms with Crippen molar-refractivity contribution < 1.29 is 12.9 Å². The minimum atomic E-state index is -3.06. The summed E-state index contributed by atoms with van der Waals surface area (Å²) in [5.74, 6) is 0.328. The second kappa shape index (κ2) is 12.1. The molecule has 148 valence electrons. The molecule has 0 aliphatic carbocycles. The maximum Gasteiger partial charge on any atom is 0.214 e. The molecule has 0 spiro atoms. The second-order valence-electron chi connectivity index (χ2n) is 7.94. The first-order chi connectivity index (χ1) is 11.9. The quantitative estimate of drug-likeness (QED) is 0.260. The lowest BCUT2D eigenvalue weighted by Gasteiger charge is -2.40. The molecule has 0 aromatic heterocycles. The molecule has 0 unspecified atom stereocenters. The molecular formula is C20H41N2O2S+. The molecule has 25 heavy (non-hydrogen) atoms. The van der Waals surface area contributed by atoms with Crippen LogP contribution in [0, 0.1) is 0 Å². The Hall–Kier alpha value is -0.390. The smallest absolute Gasteiger partial charge is 0.214 e. The number of hydrogen-bond donors (Lipinski definition) is 0. The molecule has 1 aliphatic rings. The molecule has 0 aromatic carbocycles. The monoisotopic (exact) mass is 373 g/mol. The number of rotatable bonds is 14. The zero-order valence-electron chi connectivity index (χ0n) is 16.7. The van der Waals surface area contributed by atoms with Gasteiger partial charge in [-0.05, 0) is 12.5 Å². The third-order valence-electron chi connectivity index (χ3n) is 5.50. The van der Waals surface area contributed by atoms with Crippen LogP contribution in [-0.4, -0.2) is 62.7 Å². The third kappa shape index (κ3) is 9.20. The number of hydrogen-bond acceptors (Lipinski definition) is 2. The van der Waals surface area contributed by atoms with Crippen molar-refractivity contribution in [2.45, 2.75) is 71.1 Å². The van der Waals surface area contributed by atoms with Crippen LogP contribution in [-0.2, 0) is 10.0 Å². The molecule has 0 amide bonds. The molecule has 0 radical (unpaired) electrons. The van der Waals surface area contributed by atoms with E-state index in [4.69, 9.17) is 0 Å². The highest BCUT2D eigenvalue weighted by Gasteiger charge is 2.33. The van der Waals surface area contributed by atoms with Gasteiger partial charge in [-0.2, -0.15) is 4.31 Å². The van der Waals surface area contributed by atoms with Crippen LogP contribution in [0.4, 0.5) is 0 Å². The van der Waals surface area contributed by atoms with Crippen molar-refractivity contribution in [3.05, 3.63) is 12.7 Å². The first-order valence-electron chi connectivity index (χ1n) is 10.4. The number of unbranched alkanes of at least 4 members (excludes halogenated alkanes) is 9. The normalized spacial score (nSPS) is 18.3. The summed E-state index contributed by atoms with van der Waals surface area (Å²) in [4.78, 5) is 0. The Kier molecular flexibility index (Phi) is 10.9.